The van der Waals surface area contributed by atoms with Gasteiger partial charge in [0.2, 0.25) is 11.8 Å². The zero-order chi connectivity index (χ0) is 26.3. The zero-order valence-corrected chi connectivity index (χ0v) is 20.4. The van der Waals surface area contributed by atoms with Crippen LogP contribution in [0.25, 0.3) is 0 Å². The first kappa shape index (κ1) is 24.7. The Labute approximate surface area is 216 Å². The van der Waals surface area contributed by atoms with Crippen molar-refractivity contribution >= 4 is 52.5 Å². The summed E-state index contributed by atoms with van der Waals surface area (Å²) in [6.07, 6.45) is 0. The van der Waals surface area contributed by atoms with Crippen LogP contribution < -0.4 is 14.9 Å². The van der Waals surface area contributed by atoms with Crippen molar-refractivity contribution in [3.8, 4) is 5.75 Å². The third-order valence-electron chi connectivity index (χ3n) is 5.92. The Bertz CT molecular complexity index is 1470. The fourth-order valence-electron chi connectivity index (χ4n) is 4.40. The molecule has 2 unspecified atom stereocenters. The van der Waals surface area contributed by atoms with Crippen molar-refractivity contribution in [2.24, 2.45) is 5.92 Å². The number of aliphatic carboxylic acids is 1. The van der Waals surface area contributed by atoms with Gasteiger partial charge in [0.05, 0.1) is 10.9 Å². The number of nitrogens with zero attached hydrogens (tertiary/aromatic N) is 1. The van der Waals surface area contributed by atoms with Gasteiger partial charge in [0, 0.05) is 16.5 Å². The van der Waals surface area contributed by atoms with Gasteiger partial charge in [0.25, 0.3) is 5.91 Å². The predicted octanol–water partition coefficient (Wildman–Crippen LogP) is 2.27. The quantitative estimate of drug-likeness (QED) is 0.385. The second kappa shape index (κ2) is 9.82. The van der Waals surface area contributed by atoms with Gasteiger partial charge in [-0.2, -0.15) is 0 Å². The van der Waals surface area contributed by atoms with Gasteiger partial charge in [0.1, 0.15) is 23.4 Å². The summed E-state index contributed by atoms with van der Waals surface area (Å²) in [4.78, 5) is 65.5. The highest BCUT2D eigenvalue weighted by molar-refractivity contribution is 8.00. The monoisotopic (exact) mass is 543 g/mol. The molecular weight excluding hydrogens is 525 g/mol. The van der Waals surface area contributed by atoms with E-state index in [0.29, 0.717) is 26.9 Å². The van der Waals surface area contributed by atoms with Crippen LogP contribution in [0.2, 0.25) is 0 Å². The number of benzene rings is 2. The molecule has 0 saturated carbocycles. The number of rotatable bonds is 7. The van der Waals surface area contributed by atoms with Gasteiger partial charge in [-0.25, -0.2) is 4.39 Å². The number of hydrogen-bond acceptors (Lipinski definition) is 8. The molecule has 10 nitrogen and oxygen atoms in total. The lowest BCUT2D eigenvalue weighted by molar-refractivity contribution is -0.149. The van der Waals surface area contributed by atoms with Crippen LogP contribution >= 0.6 is 23.1 Å². The highest BCUT2D eigenvalue weighted by atomic mass is 32.2. The molecular formula is C24H18FN3O7S2. The number of carbonyl (C=O) groups excluding carboxylic acids is 3. The molecule has 3 amide bonds. The Morgan fingerprint density at radius 3 is 2.59 bits per heavy atom. The zero-order valence-electron chi connectivity index (χ0n) is 18.8. The summed E-state index contributed by atoms with van der Waals surface area (Å²) in [5.41, 5.74) is 0.973. The molecule has 190 valence electrons. The van der Waals surface area contributed by atoms with Crippen molar-refractivity contribution in [3.05, 3.63) is 74.5 Å². The lowest BCUT2D eigenvalue weighted by atomic mass is 9.83. The first-order chi connectivity index (χ1) is 17.7. The third kappa shape index (κ3) is 4.87. The third-order valence-corrected chi connectivity index (χ3v) is 8.32. The van der Waals surface area contributed by atoms with Gasteiger partial charge in [-0.3, -0.25) is 28.9 Å². The first-order valence-electron chi connectivity index (χ1n) is 11.0. The largest absolute Gasteiger partial charge is 0.484 e. The molecule has 0 spiro atoms. The molecule has 13 heteroatoms. The number of carboxylic acid groups (broad SMARTS) is 1. The molecule has 0 aliphatic carbocycles. The van der Waals surface area contributed by atoms with Gasteiger partial charge in [-0.1, -0.05) is 35.2 Å². The van der Waals surface area contributed by atoms with Crippen molar-refractivity contribution in [2.45, 2.75) is 16.2 Å². The number of thiazole rings is 1. The molecule has 3 atom stereocenters. The van der Waals surface area contributed by atoms with E-state index in [1.54, 1.807) is 24.3 Å². The molecule has 0 bridgehead atoms. The molecule has 2 aliphatic heterocycles. The number of fused-ring (bicyclic) bond motifs is 2. The van der Waals surface area contributed by atoms with Crippen molar-refractivity contribution in [3.63, 3.8) is 0 Å². The molecule has 37 heavy (non-hydrogen) atoms. The number of halogens is 1. The van der Waals surface area contributed by atoms with E-state index in [2.05, 4.69) is 10.3 Å². The SMILES string of the molecule is O=C(O)CN1C(=O)C2Sc3[nH]c(=O)sc3[C@@H](c3cccc(OCC(=O)Nc4ccc(F)cc4)c3)C2C1=O. The number of aromatic amines is 1. The highest BCUT2D eigenvalue weighted by Crippen LogP contribution is 2.52. The molecule has 1 fully saturated rings. The van der Waals surface area contributed by atoms with Gasteiger partial charge in [-0.15, -0.1) is 0 Å². The molecule has 3 aromatic rings. The summed E-state index contributed by atoms with van der Waals surface area (Å²) < 4.78 is 18.7. The average Bonchev–Trinajstić information content (AvgIpc) is 3.34. The molecule has 2 aromatic carbocycles. The van der Waals surface area contributed by atoms with E-state index in [9.17, 15) is 33.5 Å². The number of hydrogen-bond donors (Lipinski definition) is 3. The summed E-state index contributed by atoms with van der Waals surface area (Å²) in [6, 6.07) is 11.9. The first-order valence-corrected chi connectivity index (χ1v) is 12.7. The number of thioether (sulfide) groups is 1. The molecule has 3 N–H and O–H groups in total. The summed E-state index contributed by atoms with van der Waals surface area (Å²) in [5.74, 6) is -4.74. The maximum Gasteiger partial charge on any atom is 0.323 e. The van der Waals surface area contributed by atoms with Crippen molar-refractivity contribution in [1.29, 1.82) is 0 Å². The maximum absolute atomic E-state index is 13.2. The summed E-state index contributed by atoms with van der Waals surface area (Å²) in [5, 5.41) is 11.3. The molecule has 1 aromatic heterocycles. The molecule has 5 rings (SSSR count). The number of ether oxygens (including phenoxy) is 1. The Kier molecular flexibility index (Phi) is 6.56. The number of imide groups is 1. The van der Waals surface area contributed by atoms with Crippen LogP contribution in [0.15, 0.2) is 58.4 Å². The summed E-state index contributed by atoms with van der Waals surface area (Å²) in [6.45, 7) is -1.09. The van der Waals surface area contributed by atoms with Crippen LogP contribution in [-0.4, -0.2) is 57.1 Å². The van der Waals surface area contributed by atoms with Gasteiger partial charge < -0.3 is 20.1 Å². The number of carboxylic acids is 1. The minimum atomic E-state index is -1.31. The number of anilines is 1. The number of aromatic nitrogens is 1. The normalized spacial score (nSPS) is 20.4. The molecule has 0 radical (unpaired) electrons. The average molecular weight is 544 g/mol. The van der Waals surface area contributed by atoms with E-state index in [1.807, 2.05) is 0 Å². The van der Waals surface area contributed by atoms with E-state index in [0.717, 1.165) is 28.0 Å². The number of H-pyrrole nitrogens is 1. The van der Waals surface area contributed by atoms with Crippen LogP contribution in [0.5, 0.6) is 5.75 Å². The van der Waals surface area contributed by atoms with Gasteiger partial charge in [0.15, 0.2) is 6.61 Å². The van der Waals surface area contributed by atoms with Crippen LogP contribution in [0, 0.1) is 11.7 Å². The van der Waals surface area contributed by atoms with Crippen LogP contribution in [0.4, 0.5) is 10.1 Å². The Balaban J connectivity index is 1.40. The topological polar surface area (TPSA) is 146 Å². The number of amides is 3. The molecule has 2 aliphatic rings. The van der Waals surface area contributed by atoms with Gasteiger partial charge >= 0.3 is 10.8 Å². The minimum absolute atomic E-state index is 0.310. The Morgan fingerprint density at radius 2 is 1.86 bits per heavy atom. The fourth-order valence-corrected chi connectivity index (χ4v) is 6.94. The summed E-state index contributed by atoms with van der Waals surface area (Å²) >= 11 is 1.98. The minimum Gasteiger partial charge on any atom is -0.484 e. The number of nitrogens with one attached hydrogen (secondary N) is 2. The summed E-state index contributed by atoms with van der Waals surface area (Å²) in [7, 11) is 0. The van der Waals surface area contributed by atoms with Crippen molar-refractivity contribution < 1.29 is 33.4 Å². The van der Waals surface area contributed by atoms with E-state index in [-0.39, 0.29) is 11.5 Å². The van der Waals surface area contributed by atoms with Crippen LogP contribution in [0.3, 0.4) is 0 Å². The van der Waals surface area contributed by atoms with Crippen molar-refractivity contribution in [2.75, 3.05) is 18.5 Å². The second-order valence-corrected chi connectivity index (χ2v) is 10.5. The number of likely N-dealkylation sites (tertiary alicyclic amines) is 1. The molecule has 3 heterocycles. The van der Waals surface area contributed by atoms with Crippen LogP contribution in [-0.2, 0) is 19.2 Å². The fraction of sp³-hybridized carbons (Fsp3) is 0.208. The lowest BCUT2D eigenvalue weighted by Crippen LogP contribution is -2.36. The van der Waals surface area contributed by atoms with E-state index >= 15 is 0 Å². The Hall–Kier alpha value is -3.97. The van der Waals surface area contributed by atoms with Gasteiger partial charge in [-0.05, 0) is 42.0 Å². The van der Waals surface area contributed by atoms with E-state index in [4.69, 9.17) is 4.74 Å². The maximum atomic E-state index is 13.2. The standard InChI is InChI=1S/C24H18FN3O7S2/c25-12-4-6-13(7-5-12)26-15(29)10-35-14-3-1-2-11(8-14)17-18-20(36-21-19(17)37-24(34)27-21)23(33)28(22(18)32)9-16(30)31/h1-8,17-18,20H,9-10H2,(H,26,29)(H,27,34)(H,30,31)/t17-,18?,20?/m0/s1. The molecule has 1 saturated heterocycles. The lowest BCUT2D eigenvalue weighted by Gasteiger charge is -2.30. The van der Waals surface area contributed by atoms with Crippen molar-refractivity contribution in [1.82, 2.24) is 9.88 Å². The van der Waals surface area contributed by atoms with E-state index in [1.165, 1.54) is 24.3 Å². The highest BCUT2D eigenvalue weighted by Gasteiger charge is 2.56. The predicted molar refractivity (Wildman–Crippen MR) is 131 cm³/mol. The van der Waals surface area contributed by atoms with Crippen LogP contribution in [0.1, 0.15) is 16.4 Å². The van der Waals surface area contributed by atoms with E-state index < -0.39 is 53.1 Å². The Morgan fingerprint density at radius 1 is 1.11 bits per heavy atom. The smallest absolute Gasteiger partial charge is 0.323 e. The number of carbonyl (C=O) groups is 4. The second-order valence-electron chi connectivity index (χ2n) is 8.32.